The molecule has 1 saturated carbocycles. The molecule has 1 aromatic carbocycles. The van der Waals surface area contributed by atoms with Gasteiger partial charge in [-0.05, 0) is 50.2 Å². The summed E-state index contributed by atoms with van der Waals surface area (Å²) in [4.78, 5) is 60.9. The van der Waals surface area contributed by atoms with Crippen LogP contribution in [0.5, 0.6) is 0 Å². The van der Waals surface area contributed by atoms with E-state index in [9.17, 15) is 24.3 Å². The van der Waals surface area contributed by atoms with Gasteiger partial charge in [0.15, 0.2) is 0 Å². The summed E-state index contributed by atoms with van der Waals surface area (Å²) in [6, 6.07) is 7.53. The van der Waals surface area contributed by atoms with Crippen LogP contribution in [0.2, 0.25) is 0 Å². The van der Waals surface area contributed by atoms with Crippen LogP contribution in [0.4, 0.5) is 0 Å². The summed E-state index contributed by atoms with van der Waals surface area (Å²) in [6.07, 6.45) is 11.4. The van der Waals surface area contributed by atoms with Crippen LogP contribution in [0, 0.1) is 11.8 Å². The van der Waals surface area contributed by atoms with Gasteiger partial charge in [-0.1, -0.05) is 77.7 Å². The Bertz CT molecular complexity index is 1430. The Morgan fingerprint density at radius 1 is 1.00 bits per heavy atom. The molecule has 0 aromatic heterocycles. The average molecular weight is 743 g/mol. The Kier molecular flexibility index (Phi) is 11.6. The lowest BCUT2D eigenvalue weighted by atomic mass is 9.74. The normalized spacial score (nSPS) is 33.3. The maximum absolute atomic E-state index is 15.0. The predicted octanol–water partition coefficient (Wildman–Crippen LogP) is 3.95. The number of fused-ring (bicyclic) bond motifs is 2. The van der Waals surface area contributed by atoms with Gasteiger partial charge < -0.3 is 34.4 Å². The number of methoxy groups -OCH3 is 1. The van der Waals surface area contributed by atoms with Crippen molar-refractivity contribution in [2.24, 2.45) is 11.8 Å². The summed E-state index contributed by atoms with van der Waals surface area (Å²) in [7, 11) is 1.53. The van der Waals surface area contributed by atoms with Gasteiger partial charge in [-0.15, -0.1) is 0 Å². The highest BCUT2D eigenvalue weighted by Crippen LogP contribution is 2.59. The molecule has 4 aliphatic heterocycles. The van der Waals surface area contributed by atoms with Gasteiger partial charge >= 0.3 is 5.97 Å². The fourth-order valence-electron chi connectivity index (χ4n) is 8.46. The van der Waals surface area contributed by atoms with E-state index in [1.807, 2.05) is 53.5 Å². The summed E-state index contributed by atoms with van der Waals surface area (Å²) in [6.45, 7) is 0.782. The van der Waals surface area contributed by atoms with Crippen molar-refractivity contribution < 1.29 is 38.5 Å². The van der Waals surface area contributed by atoms with Gasteiger partial charge in [0.05, 0.1) is 18.6 Å². The van der Waals surface area contributed by atoms with Gasteiger partial charge in [-0.25, -0.2) is 0 Å². The quantitative estimate of drug-likeness (QED) is 0.221. The first-order valence-electron chi connectivity index (χ1n) is 17.8. The molecule has 2 saturated heterocycles. The first kappa shape index (κ1) is 35.8. The number of hydrogen-bond donors (Lipinski definition) is 2. The molecule has 0 radical (unpaired) electrons. The zero-order chi connectivity index (χ0) is 34.5. The van der Waals surface area contributed by atoms with Gasteiger partial charge in [-0.3, -0.25) is 19.2 Å². The molecule has 1 aromatic rings. The van der Waals surface area contributed by atoms with Crippen molar-refractivity contribution in [2.45, 2.75) is 100 Å². The maximum atomic E-state index is 15.0. The fourth-order valence-corrected chi connectivity index (χ4v) is 9.19. The minimum absolute atomic E-state index is 0.00583. The Hall–Kier alpha value is -3.06. The number of carbonyl (C=O) groups is 4. The Morgan fingerprint density at radius 2 is 1.78 bits per heavy atom. The number of halogens is 1. The Labute approximate surface area is 296 Å². The second kappa shape index (κ2) is 15.9. The topological polar surface area (TPSA) is 135 Å². The monoisotopic (exact) mass is 741 g/mol. The minimum Gasteiger partial charge on any atom is -0.455 e. The standard InChI is InChI=1S/C37H48BrN3O8/c1-47-23-27-31(24-14-6-2-7-15-24)48-36(46)29-30-34(44)41(20-12-5-13-21-42)33(37(30)22-26(38)32(29)49-37)35(45)40(25-16-8-3-9-17-25)19-11-4-10-18-28(43)39-27/h2,4,6-7,11,14-15,22,25,27,29-33,42H,3,5,8-10,12-13,16-21,23H2,1H3,(H,39,43)/b11-4-/t27-,29+,30-,31-,32+,33+,37-/m1/s1. The third-order valence-electron chi connectivity index (χ3n) is 10.7. The number of hydrogen-bond acceptors (Lipinski definition) is 8. The number of amides is 3. The molecule has 7 atom stereocenters. The van der Waals surface area contributed by atoms with E-state index in [4.69, 9.17) is 14.2 Å². The molecule has 1 aliphatic carbocycles. The van der Waals surface area contributed by atoms with Crippen LogP contribution in [0.15, 0.2) is 53.0 Å². The highest BCUT2D eigenvalue weighted by molar-refractivity contribution is 9.11. The van der Waals surface area contributed by atoms with Crippen molar-refractivity contribution in [1.29, 1.82) is 0 Å². The number of aliphatic hydroxyl groups is 1. The van der Waals surface area contributed by atoms with Gasteiger partial charge in [0.25, 0.3) is 0 Å². The SMILES string of the molecule is COC[C@H]1NC(=O)CC/C=C\CN(C2CCCCC2)C(=O)[C@@H]2N(CCCCCO)C(=O)[C@H]3[C@H](C(=O)O[C@@H]1c1ccccc1)[C@H]1O[C@@]23C=C1Br. The predicted molar refractivity (Wildman–Crippen MR) is 184 cm³/mol. The van der Waals surface area contributed by atoms with Crippen molar-refractivity contribution in [2.75, 3.05) is 33.4 Å². The number of benzene rings is 1. The summed E-state index contributed by atoms with van der Waals surface area (Å²) in [5.41, 5.74) is -0.686. The van der Waals surface area contributed by atoms with Crippen LogP contribution in [-0.4, -0.2) is 102 Å². The highest BCUT2D eigenvalue weighted by atomic mass is 79.9. The second-order valence-corrected chi connectivity index (χ2v) is 14.7. The number of nitrogens with one attached hydrogen (secondary N) is 1. The number of allylic oxidation sites excluding steroid dienone is 1. The summed E-state index contributed by atoms with van der Waals surface area (Å²) < 4.78 is 19.1. The molecular formula is C37H48BrN3O8. The molecule has 3 fully saturated rings. The molecule has 49 heavy (non-hydrogen) atoms. The van der Waals surface area contributed by atoms with Crippen molar-refractivity contribution in [3.05, 3.63) is 58.6 Å². The van der Waals surface area contributed by atoms with Crippen molar-refractivity contribution in [3.8, 4) is 0 Å². The molecule has 2 N–H and O–H groups in total. The molecule has 6 rings (SSSR count). The molecule has 4 heterocycles. The van der Waals surface area contributed by atoms with E-state index >= 15 is 0 Å². The lowest BCUT2D eigenvalue weighted by Crippen LogP contribution is -2.58. The van der Waals surface area contributed by atoms with E-state index in [1.165, 1.54) is 7.11 Å². The fraction of sp³-hybridized carbons (Fsp3) is 0.622. The summed E-state index contributed by atoms with van der Waals surface area (Å²) in [5, 5.41) is 12.4. The summed E-state index contributed by atoms with van der Waals surface area (Å²) in [5.74, 6) is -3.33. The second-order valence-electron chi connectivity index (χ2n) is 13.8. The van der Waals surface area contributed by atoms with Crippen molar-refractivity contribution in [3.63, 3.8) is 0 Å². The molecule has 5 bridgehead atoms. The molecule has 266 valence electrons. The van der Waals surface area contributed by atoms with Gasteiger partial charge in [0, 0.05) is 43.8 Å². The number of carbonyl (C=O) groups excluding carboxylic acids is 4. The van der Waals surface area contributed by atoms with Crippen LogP contribution in [0.25, 0.3) is 0 Å². The molecular weight excluding hydrogens is 694 g/mol. The smallest absolute Gasteiger partial charge is 0.313 e. The van der Waals surface area contributed by atoms with Gasteiger partial charge in [0.2, 0.25) is 17.7 Å². The number of cyclic esters (lactones) is 1. The molecule has 5 aliphatic rings. The van der Waals surface area contributed by atoms with Crippen molar-refractivity contribution in [1.82, 2.24) is 15.1 Å². The van der Waals surface area contributed by atoms with Gasteiger partial charge in [-0.2, -0.15) is 0 Å². The zero-order valence-corrected chi connectivity index (χ0v) is 29.7. The largest absolute Gasteiger partial charge is 0.455 e. The average Bonchev–Trinajstić information content (AvgIpc) is 3.70. The summed E-state index contributed by atoms with van der Waals surface area (Å²) >= 11 is 3.64. The molecule has 12 heteroatoms. The molecule has 11 nitrogen and oxygen atoms in total. The highest BCUT2D eigenvalue weighted by Gasteiger charge is 2.75. The molecule has 0 unspecified atom stereocenters. The number of aliphatic hydroxyl groups excluding tert-OH is 1. The number of esters is 1. The van der Waals surface area contributed by atoms with E-state index in [-0.39, 0.29) is 43.4 Å². The molecule has 1 spiro atoms. The third-order valence-corrected chi connectivity index (χ3v) is 11.4. The van der Waals surface area contributed by atoms with Crippen LogP contribution in [-0.2, 0) is 33.4 Å². The van der Waals surface area contributed by atoms with Crippen LogP contribution in [0.3, 0.4) is 0 Å². The minimum atomic E-state index is -1.36. The van der Waals surface area contributed by atoms with E-state index in [2.05, 4.69) is 21.2 Å². The number of likely N-dealkylation sites (tertiary alicyclic amines) is 1. The van der Waals surface area contributed by atoms with E-state index in [1.54, 1.807) is 4.90 Å². The number of ether oxygens (including phenoxy) is 3. The van der Waals surface area contributed by atoms with Crippen LogP contribution >= 0.6 is 15.9 Å². The molecule has 3 amide bonds. The lowest BCUT2D eigenvalue weighted by molar-refractivity contribution is -0.162. The van der Waals surface area contributed by atoms with E-state index in [0.29, 0.717) is 48.8 Å². The zero-order valence-electron chi connectivity index (χ0n) is 28.1. The number of rotatable bonds is 9. The van der Waals surface area contributed by atoms with Crippen LogP contribution in [0.1, 0.15) is 75.9 Å². The van der Waals surface area contributed by atoms with Crippen LogP contribution < -0.4 is 5.32 Å². The van der Waals surface area contributed by atoms with E-state index in [0.717, 1.165) is 32.1 Å². The van der Waals surface area contributed by atoms with Gasteiger partial charge in [0.1, 0.15) is 29.8 Å². The lowest BCUT2D eigenvalue weighted by Gasteiger charge is -2.40. The van der Waals surface area contributed by atoms with Crippen molar-refractivity contribution >= 4 is 39.6 Å². The van der Waals surface area contributed by atoms with E-state index < -0.39 is 47.7 Å². The Balaban J connectivity index is 1.43. The third kappa shape index (κ3) is 7.11. The first-order valence-corrected chi connectivity index (χ1v) is 18.6. The first-order chi connectivity index (χ1) is 23.8. The number of nitrogens with zero attached hydrogens (tertiary/aromatic N) is 2. The maximum Gasteiger partial charge on any atom is 0.313 e. The number of unbranched alkanes of at least 4 members (excludes halogenated alkanes) is 2. The Morgan fingerprint density at radius 3 is 2.51 bits per heavy atom.